The van der Waals surface area contributed by atoms with E-state index in [0.29, 0.717) is 5.92 Å². The molecule has 0 radical (unpaired) electrons. The van der Waals surface area contributed by atoms with Gasteiger partial charge in [-0.15, -0.1) is 0 Å². The maximum Gasteiger partial charge on any atom is 0.116 e. The van der Waals surface area contributed by atoms with Gasteiger partial charge in [-0.1, -0.05) is 26.0 Å². The van der Waals surface area contributed by atoms with Crippen LogP contribution in [0, 0.1) is 0 Å². The zero-order valence-electron chi connectivity index (χ0n) is 10.6. The van der Waals surface area contributed by atoms with E-state index in [0.717, 1.165) is 21.8 Å². The summed E-state index contributed by atoms with van der Waals surface area (Å²) in [5, 5.41) is 1.86. The Morgan fingerprint density at radius 3 is 2.53 bits per heavy atom. The maximum atomic E-state index is 12.5. The van der Waals surface area contributed by atoms with Crippen molar-refractivity contribution in [1.29, 1.82) is 0 Å². The fourth-order valence-electron chi connectivity index (χ4n) is 2.09. The lowest BCUT2D eigenvalue weighted by molar-refractivity contribution is 0.588. The first-order valence-corrected chi connectivity index (χ1v) is 8.29. The van der Waals surface area contributed by atoms with E-state index >= 15 is 0 Å². The van der Waals surface area contributed by atoms with E-state index in [9.17, 15) is 4.57 Å². The minimum atomic E-state index is -2.35. The Morgan fingerprint density at radius 2 is 1.94 bits per heavy atom. The van der Waals surface area contributed by atoms with Crippen LogP contribution in [0.15, 0.2) is 24.7 Å². The third-order valence-electron chi connectivity index (χ3n) is 2.84. The van der Waals surface area contributed by atoms with Crippen LogP contribution in [0.5, 0.6) is 0 Å². The molecule has 0 N–H and O–H groups in total. The lowest BCUT2D eigenvalue weighted by Crippen LogP contribution is -2.14. The third-order valence-corrected chi connectivity index (χ3v) is 4.39. The van der Waals surface area contributed by atoms with Gasteiger partial charge in [-0.25, -0.2) is 9.97 Å². The fourth-order valence-corrected chi connectivity index (χ4v) is 3.74. The zero-order valence-corrected chi connectivity index (χ0v) is 11.5. The molecule has 0 atom stereocenters. The molecule has 1 aromatic carbocycles. The molecule has 0 saturated heterocycles. The predicted molar refractivity (Wildman–Crippen MR) is 72.7 cm³/mol. The standard InChI is InChI=1S/C13H17N2OP/c1-9(2)11-6-5-10-7-14-8-15-12(10)13(11)17(3,4)16/h5-9H,1-4H3. The summed E-state index contributed by atoms with van der Waals surface area (Å²) in [5.74, 6) is 0.345. The van der Waals surface area contributed by atoms with Crippen LogP contribution in [0.3, 0.4) is 0 Å². The summed E-state index contributed by atoms with van der Waals surface area (Å²) in [7, 11) is -2.35. The minimum Gasteiger partial charge on any atom is -0.319 e. The normalized spacial score (nSPS) is 12.3. The van der Waals surface area contributed by atoms with Crippen LogP contribution in [0.1, 0.15) is 25.3 Å². The second-order valence-electron chi connectivity index (χ2n) is 4.97. The van der Waals surface area contributed by atoms with Gasteiger partial charge in [0, 0.05) is 16.9 Å². The Balaban J connectivity index is 2.90. The molecule has 0 aliphatic rings. The van der Waals surface area contributed by atoms with Crippen LogP contribution in [-0.2, 0) is 4.57 Å². The van der Waals surface area contributed by atoms with Crippen LogP contribution < -0.4 is 5.30 Å². The van der Waals surface area contributed by atoms with E-state index in [2.05, 4.69) is 23.8 Å². The second kappa shape index (κ2) is 4.23. The molecule has 4 heteroatoms. The number of aromatic nitrogens is 2. The highest BCUT2D eigenvalue weighted by Crippen LogP contribution is 2.40. The first-order chi connectivity index (χ1) is 7.91. The molecule has 0 aliphatic heterocycles. The Bertz CT molecular complexity index is 601. The lowest BCUT2D eigenvalue weighted by atomic mass is 10.0. The molecule has 0 amide bonds. The summed E-state index contributed by atoms with van der Waals surface area (Å²) in [6, 6.07) is 4.05. The highest BCUT2D eigenvalue weighted by atomic mass is 31.2. The van der Waals surface area contributed by atoms with Gasteiger partial charge < -0.3 is 4.57 Å². The summed E-state index contributed by atoms with van der Waals surface area (Å²) < 4.78 is 12.5. The summed E-state index contributed by atoms with van der Waals surface area (Å²) in [6.45, 7) is 7.83. The largest absolute Gasteiger partial charge is 0.319 e. The molecule has 1 heterocycles. The second-order valence-corrected chi connectivity index (χ2v) is 8.12. The van der Waals surface area contributed by atoms with E-state index in [1.807, 2.05) is 12.1 Å². The lowest BCUT2D eigenvalue weighted by Gasteiger charge is -2.17. The summed E-state index contributed by atoms with van der Waals surface area (Å²) >= 11 is 0. The van der Waals surface area contributed by atoms with Gasteiger partial charge in [-0.05, 0) is 24.8 Å². The minimum absolute atomic E-state index is 0.345. The average molecular weight is 248 g/mol. The van der Waals surface area contributed by atoms with Crippen molar-refractivity contribution in [2.75, 3.05) is 13.3 Å². The SMILES string of the molecule is CC(C)c1ccc2cncnc2c1P(C)(C)=O. The van der Waals surface area contributed by atoms with Crippen molar-refractivity contribution < 1.29 is 4.57 Å². The van der Waals surface area contributed by atoms with E-state index in [1.165, 1.54) is 6.33 Å². The van der Waals surface area contributed by atoms with Gasteiger partial charge in [0.25, 0.3) is 0 Å². The van der Waals surface area contributed by atoms with E-state index in [4.69, 9.17) is 0 Å². The van der Waals surface area contributed by atoms with Gasteiger partial charge in [0.1, 0.15) is 13.5 Å². The van der Waals surface area contributed by atoms with Crippen molar-refractivity contribution in [3.05, 3.63) is 30.2 Å². The number of benzene rings is 1. The zero-order chi connectivity index (χ0) is 12.6. The van der Waals surface area contributed by atoms with Crippen LogP contribution >= 0.6 is 7.14 Å². The first kappa shape index (κ1) is 12.3. The fraction of sp³-hybridized carbons (Fsp3) is 0.385. The Hall–Kier alpha value is -1.21. The Kier molecular flexibility index (Phi) is 3.05. The monoisotopic (exact) mass is 248 g/mol. The van der Waals surface area contributed by atoms with Gasteiger partial charge in [0.15, 0.2) is 0 Å². The van der Waals surface area contributed by atoms with E-state index < -0.39 is 7.14 Å². The van der Waals surface area contributed by atoms with Crippen molar-refractivity contribution in [2.45, 2.75) is 19.8 Å². The first-order valence-electron chi connectivity index (χ1n) is 5.69. The van der Waals surface area contributed by atoms with E-state index in [-0.39, 0.29) is 0 Å². The van der Waals surface area contributed by atoms with Gasteiger partial charge in [-0.3, -0.25) is 0 Å². The maximum absolute atomic E-state index is 12.5. The molecule has 0 saturated carbocycles. The molecule has 2 rings (SSSR count). The third kappa shape index (κ3) is 2.25. The van der Waals surface area contributed by atoms with Crippen molar-refractivity contribution in [3.63, 3.8) is 0 Å². The van der Waals surface area contributed by atoms with E-state index in [1.54, 1.807) is 19.5 Å². The van der Waals surface area contributed by atoms with Crippen molar-refractivity contribution in [2.24, 2.45) is 0 Å². The number of nitrogens with zero attached hydrogens (tertiary/aromatic N) is 2. The van der Waals surface area contributed by atoms with Crippen LogP contribution in [0.25, 0.3) is 10.9 Å². The van der Waals surface area contributed by atoms with Gasteiger partial charge in [-0.2, -0.15) is 0 Å². The Morgan fingerprint density at radius 1 is 1.24 bits per heavy atom. The molecule has 2 aromatic rings. The predicted octanol–water partition coefficient (Wildman–Crippen LogP) is 3.00. The van der Waals surface area contributed by atoms with Gasteiger partial charge in [0.05, 0.1) is 5.52 Å². The molecule has 0 aliphatic carbocycles. The molecule has 0 fully saturated rings. The number of hydrogen-bond acceptors (Lipinski definition) is 3. The highest BCUT2D eigenvalue weighted by molar-refractivity contribution is 7.70. The van der Waals surface area contributed by atoms with Gasteiger partial charge >= 0.3 is 0 Å². The summed E-state index contributed by atoms with van der Waals surface area (Å²) in [5.41, 5.74) is 1.96. The van der Waals surface area contributed by atoms with Crippen molar-refractivity contribution in [3.8, 4) is 0 Å². The molecular weight excluding hydrogens is 231 g/mol. The van der Waals surface area contributed by atoms with Crippen LogP contribution in [0.4, 0.5) is 0 Å². The van der Waals surface area contributed by atoms with Crippen LogP contribution in [0.2, 0.25) is 0 Å². The molecular formula is C13H17N2OP. The summed E-state index contributed by atoms with van der Waals surface area (Å²) in [6.07, 6.45) is 3.29. The summed E-state index contributed by atoms with van der Waals surface area (Å²) in [4.78, 5) is 8.32. The molecule has 1 aromatic heterocycles. The molecule has 90 valence electrons. The quantitative estimate of drug-likeness (QED) is 0.767. The average Bonchev–Trinajstić information content (AvgIpc) is 2.26. The highest BCUT2D eigenvalue weighted by Gasteiger charge is 2.21. The Labute approximate surface area is 102 Å². The number of hydrogen-bond donors (Lipinski definition) is 0. The van der Waals surface area contributed by atoms with Gasteiger partial charge in [0.2, 0.25) is 0 Å². The number of fused-ring (bicyclic) bond motifs is 1. The smallest absolute Gasteiger partial charge is 0.116 e. The molecule has 3 nitrogen and oxygen atoms in total. The van der Waals surface area contributed by atoms with Crippen molar-refractivity contribution >= 4 is 23.3 Å². The molecule has 0 unspecified atom stereocenters. The van der Waals surface area contributed by atoms with Crippen LogP contribution in [-0.4, -0.2) is 23.3 Å². The molecule has 0 bridgehead atoms. The number of rotatable bonds is 2. The van der Waals surface area contributed by atoms with Crippen molar-refractivity contribution in [1.82, 2.24) is 9.97 Å². The topological polar surface area (TPSA) is 42.9 Å². The molecule has 0 spiro atoms. The molecule has 17 heavy (non-hydrogen) atoms.